The number of fused-ring (bicyclic) bond motifs is 5. The van der Waals surface area contributed by atoms with Gasteiger partial charge in [0.15, 0.2) is 0 Å². The molecule has 0 radical (unpaired) electrons. The first kappa shape index (κ1) is 45.7. The zero-order valence-electron chi connectivity index (χ0n) is 38.0. The summed E-state index contributed by atoms with van der Waals surface area (Å²) in [6.45, 7) is 14.5. The third kappa shape index (κ3) is 8.65. The van der Waals surface area contributed by atoms with Gasteiger partial charge in [0.2, 0.25) is 0 Å². The molecule has 320 valence electrons. The minimum absolute atomic E-state index is 0. The van der Waals surface area contributed by atoms with Gasteiger partial charge < -0.3 is 0 Å². The average molecular weight is 953 g/mol. The molecule has 0 nitrogen and oxygen atoms in total. The number of allylic oxidation sites excluding steroid dienone is 4. The summed E-state index contributed by atoms with van der Waals surface area (Å²) in [6, 6.07) is 62.4. The van der Waals surface area contributed by atoms with Crippen molar-refractivity contribution in [1.29, 1.82) is 0 Å². The Hall–Kier alpha value is -4.91. The fraction of sp³-hybridized carbons (Fsp3) is 0.197. The van der Waals surface area contributed by atoms with E-state index >= 15 is 0 Å². The van der Waals surface area contributed by atoms with Crippen molar-refractivity contribution in [2.75, 3.05) is 0 Å². The van der Waals surface area contributed by atoms with Gasteiger partial charge in [0.1, 0.15) is 0 Å². The van der Waals surface area contributed by atoms with E-state index in [1.165, 1.54) is 82.7 Å². The van der Waals surface area contributed by atoms with Crippen LogP contribution in [0.2, 0.25) is 0 Å². The van der Waals surface area contributed by atoms with Crippen LogP contribution in [0.1, 0.15) is 81.3 Å². The molecule has 0 saturated carbocycles. The smallest absolute Gasteiger partial charge is 0.147 e. The molecule has 0 atom stereocenters. The van der Waals surface area contributed by atoms with Crippen molar-refractivity contribution in [1.82, 2.24) is 0 Å². The summed E-state index contributed by atoms with van der Waals surface area (Å²) in [7, 11) is 0. The van der Waals surface area contributed by atoms with Gasteiger partial charge in [-0.15, -0.1) is 24.8 Å². The molecular weight excluding hydrogens is 895 g/mol. The Bertz CT molecular complexity index is 3030. The summed E-state index contributed by atoms with van der Waals surface area (Å²) in [5.74, 6) is 0. The van der Waals surface area contributed by atoms with E-state index in [-0.39, 0.29) is 35.6 Å². The molecule has 0 bridgehead atoms. The standard InChI is InChI=1S/C33H33.C23H18.C5H5.2ClH.Zr/c1-32(2,3)30-20-26-24(18-28(30)22-13-9-7-10-14-22)17-25-19-29(23-15-11-8-12-16-23)31(21-27(25)26)33(4,5)6;1-3-16-22-18(8-1)10-5-12-20(22)14-7-15-21-13-6-11-19-9-2-4-17-23(19)21;1-2-4-5-3-1;;;/h7-16,18,20-21H,17H2,1-6H3;1-6,8-13,16-17H,14-15H2;1-3H,4H2;2*1H;. The van der Waals surface area contributed by atoms with Crippen molar-refractivity contribution < 1.29 is 21.3 Å². The maximum atomic E-state index is 2.64. The quantitative estimate of drug-likeness (QED) is 0.142. The molecule has 10 rings (SSSR count). The van der Waals surface area contributed by atoms with E-state index in [9.17, 15) is 0 Å². The Kier molecular flexibility index (Phi) is 13.2. The van der Waals surface area contributed by atoms with E-state index in [2.05, 4.69) is 224 Å². The van der Waals surface area contributed by atoms with Crippen LogP contribution in [0.15, 0.2) is 185 Å². The summed E-state index contributed by atoms with van der Waals surface area (Å²) in [5.41, 5.74) is 17.1. The maximum Gasteiger partial charge on any atom is -0.147 e. The molecule has 0 fully saturated rings. The van der Waals surface area contributed by atoms with Crippen LogP contribution in [0.25, 0.3) is 54.9 Å². The van der Waals surface area contributed by atoms with Gasteiger partial charge in [-0.3, -0.25) is 0 Å². The summed E-state index contributed by atoms with van der Waals surface area (Å²) < 4.78 is 5.13. The molecule has 0 aromatic heterocycles. The van der Waals surface area contributed by atoms with Gasteiger partial charge in [-0.2, -0.15) is 0 Å². The van der Waals surface area contributed by atoms with Gasteiger partial charge in [-0.25, -0.2) is 0 Å². The van der Waals surface area contributed by atoms with Crippen molar-refractivity contribution >= 4 is 52.8 Å². The van der Waals surface area contributed by atoms with E-state index < -0.39 is 21.3 Å². The third-order valence-corrected chi connectivity index (χ3v) is 21.0. The van der Waals surface area contributed by atoms with Crippen LogP contribution in [-0.2, 0) is 51.4 Å². The first-order valence-corrected chi connectivity index (χ1v) is 26.2. The fourth-order valence-electron chi connectivity index (χ4n) is 10.4. The zero-order valence-corrected chi connectivity index (χ0v) is 42.1. The second kappa shape index (κ2) is 18.5. The molecule has 0 aliphatic heterocycles. The van der Waals surface area contributed by atoms with Crippen molar-refractivity contribution in [3.05, 3.63) is 219 Å². The predicted molar refractivity (Wildman–Crippen MR) is 279 cm³/mol. The normalized spacial score (nSPS) is 12.9. The largest absolute Gasteiger partial charge is 0.147 e. The van der Waals surface area contributed by atoms with Gasteiger partial charge in [-0.05, 0) is 0 Å². The van der Waals surface area contributed by atoms with Crippen LogP contribution in [-0.4, -0.2) is 3.21 Å². The summed E-state index contributed by atoms with van der Waals surface area (Å²) >= 11 is -3.08. The minimum atomic E-state index is -3.08. The van der Waals surface area contributed by atoms with Crippen LogP contribution < -0.4 is 3.27 Å². The third-order valence-electron chi connectivity index (χ3n) is 13.4. The molecule has 0 unspecified atom stereocenters. The molecule has 8 aromatic carbocycles. The number of benzene rings is 8. The van der Waals surface area contributed by atoms with Gasteiger partial charge in [0.25, 0.3) is 0 Å². The molecule has 0 saturated heterocycles. The van der Waals surface area contributed by atoms with Crippen LogP contribution in [0, 0.1) is 0 Å². The summed E-state index contributed by atoms with van der Waals surface area (Å²) in [4.78, 5) is 0. The van der Waals surface area contributed by atoms with Crippen LogP contribution in [0.3, 0.4) is 0 Å². The number of halogens is 2. The van der Waals surface area contributed by atoms with Crippen molar-refractivity contribution in [3.8, 4) is 33.4 Å². The van der Waals surface area contributed by atoms with Crippen LogP contribution in [0.5, 0.6) is 0 Å². The van der Waals surface area contributed by atoms with Gasteiger partial charge >= 0.3 is 379 Å². The van der Waals surface area contributed by atoms with Crippen LogP contribution >= 0.6 is 24.8 Å². The van der Waals surface area contributed by atoms with E-state index in [1.807, 2.05) is 0 Å². The monoisotopic (exact) mass is 950 g/mol. The van der Waals surface area contributed by atoms with Gasteiger partial charge in [-0.1, -0.05) is 0 Å². The molecule has 0 N–H and O–H groups in total. The number of rotatable bonds is 8. The maximum absolute atomic E-state index is 3.08. The topological polar surface area (TPSA) is 0 Å². The molecule has 0 heterocycles. The molecule has 2 aliphatic rings. The summed E-state index contributed by atoms with van der Waals surface area (Å²) in [5, 5.41) is 5.39. The van der Waals surface area contributed by atoms with Gasteiger partial charge in [0.05, 0.1) is 0 Å². The van der Waals surface area contributed by atoms with E-state index in [4.69, 9.17) is 0 Å². The molecular formula is C61H58Cl2Zr. The average Bonchev–Trinajstić information content (AvgIpc) is 3.94. The SMILES string of the molecule is CC(C)(C)c1cc2c(cc1-c1ccccc1)Cc1c-2cc(C(C)(C)C)c(-c2ccccc2)[c]1[Zr]([C]1=CC=CC1)=[C](Cc1cccc2ccccc12)Cc1cccc2ccccc12.Cl.Cl. The molecule has 0 amide bonds. The Balaban J connectivity index is 0.00000280. The summed E-state index contributed by atoms with van der Waals surface area (Å²) in [6.07, 6.45) is 11.3. The van der Waals surface area contributed by atoms with Crippen molar-refractivity contribution in [2.24, 2.45) is 0 Å². The molecule has 2 aliphatic carbocycles. The van der Waals surface area contributed by atoms with E-state index in [1.54, 1.807) is 15.3 Å². The van der Waals surface area contributed by atoms with Crippen molar-refractivity contribution in [3.63, 3.8) is 0 Å². The first-order valence-electron chi connectivity index (χ1n) is 22.5. The predicted octanol–water partition coefficient (Wildman–Crippen LogP) is 16.1. The Labute approximate surface area is 401 Å². The Morgan fingerprint density at radius 2 is 1.03 bits per heavy atom. The molecule has 0 spiro atoms. The molecule has 64 heavy (non-hydrogen) atoms. The fourth-order valence-corrected chi connectivity index (χ4v) is 19.0. The molecule has 8 aromatic rings. The minimum Gasteiger partial charge on any atom is -0.147 e. The Morgan fingerprint density at radius 1 is 0.516 bits per heavy atom. The van der Waals surface area contributed by atoms with E-state index in [0.717, 1.165) is 25.7 Å². The number of hydrogen-bond donors (Lipinski definition) is 0. The second-order valence-corrected chi connectivity index (χ2v) is 26.0. The number of hydrogen-bond acceptors (Lipinski definition) is 0. The van der Waals surface area contributed by atoms with E-state index in [0.29, 0.717) is 0 Å². The Morgan fingerprint density at radius 3 is 1.58 bits per heavy atom. The molecule has 3 heteroatoms. The van der Waals surface area contributed by atoms with Crippen LogP contribution in [0.4, 0.5) is 0 Å². The van der Waals surface area contributed by atoms with Crippen molar-refractivity contribution in [2.45, 2.75) is 78.1 Å². The second-order valence-electron chi connectivity index (χ2n) is 19.6. The first-order chi connectivity index (χ1) is 30.0. The van der Waals surface area contributed by atoms with Gasteiger partial charge in [0, 0.05) is 0 Å². The zero-order chi connectivity index (χ0) is 42.6.